The minimum atomic E-state index is 0.775. The first-order chi connectivity index (χ1) is 10.2. The van der Waals surface area contributed by atoms with Gasteiger partial charge in [0, 0.05) is 13.1 Å². The summed E-state index contributed by atoms with van der Waals surface area (Å²) >= 11 is 0. The zero-order valence-corrected chi connectivity index (χ0v) is 13.8. The monoisotopic (exact) mass is 290 g/mol. The number of aryl methyl sites for hydroxylation is 2. The molecule has 1 aliphatic heterocycles. The topological polar surface area (TPSA) is 24.5 Å². The lowest BCUT2D eigenvalue weighted by atomic mass is 9.99. The number of nitrogens with zero attached hydrogens (tertiary/aromatic N) is 1. The van der Waals surface area contributed by atoms with Crippen LogP contribution in [0.3, 0.4) is 0 Å². The van der Waals surface area contributed by atoms with Gasteiger partial charge in [0.05, 0.1) is 0 Å². The number of rotatable bonds is 7. The highest BCUT2D eigenvalue weighted by molar-refractivity contribution is 5.32. The molecular weight excluding hydrogens is 260 g/mol. The lowest BCUT2D eigenvalue weighted by Gasteiger charge is -2.29. The van der Waals surface area contributed by atoms with Gasteiger partial charge in [-0.1, -0.05) is 13.0 Å². The van der Waals surface area contributed by atoms with Crippen molar-refractivity contribution in [3.63, 3.8) is 0 Å². The molecular formula is C18H30N2O. The number of hydrogen-bond acceptors (Lipinski definition) is 3. The maximum atomic E-state index is 5.93. The van der Waals surface area contributed by atoms with Gasteiger partial charge in [0.15, 0.2) is 0 Å². The zero-order chi connectivity index (χ0) is 15.1. The molecule has 1 saturated heterocycles. The first-order valence-electron chi connectivity index (χ1n) is 8.31. The van der Waals surface area contributed by atoms with Gasteiger partial charge >= 0.3 is 0 Å². The largest absolute Gasteiger partial charge is 0.492 e. The summed E-state index contributed by atoms with van der Waals surface area (Å²) in [7, 11) is 0. The SMILES string of the molecule is CCN(CCOc1cc(C)cc(C)c1)CC1CCCNC1. The van der Waals surface area contributed by atoms with E-state index in [2.05, 4.69) is 49.2 Å². The average molecular weight is 290 g/mol. The molecule has 0 bridgehead atoms. The summed E-state index contributed by atoms with van der Waals surface area (Å²) in [6.07, 6.45) is 2.68. The predicted octanol–water partition coefficient (Wildman–Crippen LogP) is 3.00. The fraction of sp³-hybridized carbons (Fsp3) is 0.667. The molecule has 0 radical (unpaired) electrons. The van der Waals surface area contributed by atoms with Crippen LogP contribution in [0.2, 0.25) is 0 Å². The highest BCUT2D eigenvalue weighted by atomic mass is 16.5. The number of piperidine rings is 1. The molecule has 1 aromatic carbocycles. The van der Waals surface area contributed by atoms with Gasteiger partial charge in [-0.2, -0.15) is 0 Å². The minimum absolute atomic E-state index is 0.775. The Balaban J connectivity index is 1.74. The van der Waals surface area contributed by atoms with E-state index in [1.165, 1.54) is 43.6 Å². The third-order valence-corrected chi connectivity index (χ3v) is 4.23. The second kappa shape index (κ2) is 8.40. The fourth-order valence-corrected chi connectivity index (χ4v) is 3.13. The molecule has 21 heavy (non-hydrogen) atoms. The summed E-state index contributed by atoms with van der Waals surface area (Å²) < 4.78 is 5.93. The van der Waals surface area contributed by atoms with Gasteiger partial charge in [0.25, 0.3) is 0 Å². The second-order valence-corrected chi connectivity index (χ2v) is 6.28. The lowest BCUT2D eigenvalue weighted by Crippen LogP contribution is -2.39. The van der Waals surface area contributed by atoms with Crippen molar-refractivity contribution < 1.29 is 4.74 Å². The maximum absolute atomic E-state index is 5.93. The molecule has 1 fully saturated rings. The van der Waals surface area contributed by atoms with E-state index in [0.717, 1.165) is 31.4 Å². The van der Waals surface area contributed by atoms with Crippen molar-refractivity contribution in [1.29, 1.82) is 0 Å². The number of nitrogens with one attached hydrogen (secondary N) is 1. The van der Waals surface area contributed by atoms with Gasteiger partial charge in [-0.3, -0.25) is 4.90 Å². The fourth-order valence-electron chi connectivity index (χ4n) is 3.13. The molecule has 118 valence electrons. The molecule has 1 atom stereocenters. The summed E-state index contributed by atoms with van der Waals surface area (Å²) in [5.41, 5.74) is 2.54. The van der Waals surface area contributed by atoms with Crippen molar-refractivity contribution in [2.75, 3.05) is 39.3 Å². The van der Waals surface area contributed by atoms with Crippen molar-refractivity contribution in [2.45, 2.75) is 33.6 Å². The summed E-state index contributed by atoms with van der Waals surface area (Å²) in [6, 6.07) is 6.42. The van der Waals surface area contributed by atoms with Crippen molar-refractivity contribution in [3.8, 4) is 5.75 Å². The van der Waals surface area contributed by atoms with Gasteiger partial charge in [-0.15, -0.1) is 0 Å². The van der Waals surface area contributed by atoms with Gasteiger partial charge in [-0.05, 0) is 75.5 Å². The van der Waals surface area contributed by atoms with Gasteiger partial charge in [0.1, 0.15) is 12.4 Å². The molecule has 0 aromatic heterocycles. The molecule has 0 spiro atoms. The Kier molecular flexibility index (Phi) is 6.52. The summed E-state index contributed by atoms with van der Waals surface area (Å²) in [6.45, 7) is 12.9. The van der Waals surface area contributed by atoms with Crippen LogP contribution in [0.5, 0.6) is 5.75 Å². The van der Waals surface area contributed by atoms with Crippen LogP contribution in [-0.4, -0.2) is 44.2 Å². The summed E-state index contributed by atoms with van der Waals surface area (Å²) in [5, 5.41) is 3.50. The van der Waals surface area contributed by atoms with E-state index >= 15 is 0 Å². The van der Waals surface area contributed by atoms with Crippen molar-refractivity contribution in [3.05, 3.63) is 29.3 Å². The molecule has 1 aromatic rings. The van der Waals surface area contributed by atoms with E-state index in [1.807, 2.05) is 0 Å². The van der Waals surface area contributed by atoms with Crippen LogP contribution in [0.4, 0.5) is 0 Å². The van der Waals surface area contributed by atoms with E-state index in [9.17, 15) is 0 Å². The number of ether oxygens (including phenoxy) is 1. The molecule has 2 rings (SSSR count). The second-order valence-electron chi connectivity index (χ2n) is 6.28. The molecule has 1 unspecified atom stereocenters. The van der Waals surface area contributed by atoms with Crippen LogP contribution < -0.4 is 10.1 Å². The Bertz CT molecular complexity index is 407. The molecule has 0 amide bonds. The van der Waals surface area contributed by atoms with E-state index in [0.29, 0.717) is 0 Å². The Morgan fingerprint density at radius 1 is 1.24 bits per heavy atom. The van der Waals surface area contributed by atoms with Crippen molar-refractivity contribution in [1.82, 2.24) is 10.2 Å². The Morgan fingerprint density at radius 2 is 2.00 bits per heavy atom. The van der Waals surface area contributed by atoms with E-state index < -0.39 is 0 Å². The quantitative estimate of drug-likeness (QED) is 0.835. The van der Waals surface area contributed by atoms with Gasteiger partial charge in [-0.25, -0.2) is 0 Å². The molecule has 1 heterocycles. The molecule has 1 aliphatic rings. The first kappa shape index (κ1) is 16.3. The smallest absolute Gasteiger partial charge is 0.119 e. The Morgan fingerprint density at radius 3 is 2.62 bits per heavy atom. The third-order valence-electron chi connectivity index (χ3n) is 4.23. The van der Waals surface area contributed by atoms with Crippen LogP contribution in [0, 0.1) is 19.8 Å². The predicted molar refractivity (Wildman–Crippen MR) is 89.1 cm³/mol. The zero-order valence-electron chi connectivity index (χ0n) is 13.8. The van der Waals surface area contributed by atoms with Crippen molar-refractivity contribution in [2.24, 2.45) is 5.92 Å². The molecule has 3 heteroatoms. The van der Waals surface area contributed by atoms with Crippen LogP contribution >= 0.6 is 0 Å². The minimum Gasteiger partial charge on any atom is -0.492 e. The summed E-state index contributed by atoms with van der Waals surface area (Å²) in [4.78, 5) is 2.51. The first-order valence-corrected chi connectivity index (χ1v) is 8.31. The maximum Gasteiger partial charge on any atom is 0.119 e. The normalized spacial score (nSPS) is 19.0. The molecule has 1 N–H and O–H groups in total. The Labute approximate surface area is 129 Å². The van der Waals surface area contributed by atoms with Crippen LogP contribution in [0.25, 0.3) is 0 Å². The lowest BCUT2D eigenvalue weighted by molar-refractivity contribution is 0.179. The van der Waals surface area contributed by atoms with Crippen LogP contribution in [0.1, 0.15) is 30.9 Å². The number of hydrogen-bond donors (Lipinski definition) is 1. The Hall–Kier alpha value is -1.06. The number of benzene rings is 1. The van der Waals surface area contributed by atoms with Gasteiger partial charge < -0.3 is 10.1 Å². The van der Waals surface area contributed by atoms with Crippen LogP contribution in [-0.2, 0) is 0 Å². The van der Waals surface area contributed by atoms with Crippen molar-refractivity contribution >= 4 is 0 Å². The summed E-state index contributed by atoms with van der Waals surface area (Å²) in [5.74, 6) is 1.81. The van der Waals surface area contributed by atoms with E-state index in [1.54, 1.807) is 0 Å². The highest BCUT2D eigenvalue weighted by Gasteiger charge is 2.16. The molecule has 0 aliphatic carbocycles. The van der Waals surface area contributed by atoms with Crippen LogP contribution in [0.15, 0.2) is 18.2 Å². The standard InChI is InChI=1S/C18H30N2O/c1-4-20(14-17-6-5-7-19-13-17)8-9-21-18-11-15(2)10-16(3)12-18/h10-12,17,19H,4-9,13-14H2,1-3H3. The van der Waals surface area contributed by atoms with E-state index in [-0.39, 0.29) is 0 Å². The highest BCUT2D eigenvalue weighted by Crippen LogP contribution is 2.16. The third kappa shape index (κ3) is 5.68. The average Bonchev–Trinajstić information content (AvgIpc) is 2.46. The number of likely N-dealkylation sites (N-methyl/N-ethyl adjacent to an activating group) is 1. The van der Waals surface area contributed by atoms with Gasteiger partial charge in [0.2, 0.25) is 0 Å². The van der Waals surface area contributed by atoms with E-state index in [4.69, 9.17) is 4.74 Å². The molecule has 0 saturated carbocycles. The molecule has 3 nitrogen and oxygen atoms in total.